The van der Waals surface area contributed by atoms with E-state index in [-0.39, 0.29) is 29.2 Å². The van der Waals surface area contributed by atoms with Gasteiger partial charge in [0.05, 0.1) is 12.3 Å². The molecule has 1 aromatic heterocycles. The maximum atomic E-state index is 12.2. The van der Waals surface area contributed by atoms with Crippen LogP contribution in [0, 0.1) is 11.8 Å². The molecule has 1 aliphatic carbocycles. The number of anilines is 1. The van der Waals surface area contributed by atoms with Gasteiger partial charge < -0.3 is 11.1 Å². The van der Waals surface area contributed by atoms with E-state index in [9.17, 15) is 13.2 Å². The van der Waals surface area contributed by atoms with Gasteiger partial charge in [-0.2, -0.15) is 5.10 Å². The van der Waals surface area contributed by atoms with E-state index >= 15 is 0 Å². The van der Waals surface area contributed by atoms with Gasteiger partial charge in [0.25, 0.3) is 0 Å². The van der Waals surface area contributed by atoms with Gasteiger partial charge in [0.2, 0.25) is 5.91 Å². The number of hydrogen-bond acceptors (Lipinski definition) is 5. The smallest absolute Gasteiger partial charge is 0.229 e. The van der Waals surface area contributed by atoms with Gasteiger partial charge in [0, 0.05) is 23.9 Å². The second kappa shape index (κ2) is 7.23. The van der Waals surface area contributed by atoms with Gasteiger partial charge in [0.1, 0.15) is 0 Å². The zero-order valence-corrected chi connectivity index (χ0v) is 13.7. The lowest BCUT2D eigenvalue weighted by atomic mass is 9.95. The first-order chi connectivity index (χ1) is 10.4. The third-order valence-electron chi connectivity index (χ3n) is 4.26. The van der Waals surface area contributed by atoms with Crippen molar-refractivity contribution in [1.82, 2.24) is 9.78 Å². The Balaban J connectivity index is 1.90. The Bertz CT molecular complexity index is 611. The van der Waals surface area contributed by atoms with E-state index in [2.05, 4.69) is 10.4 Å². The van der Waals surface area contributed by atoms with Crippen molar-refractivity contribution in [2.24, 2.45) is 17.6 Å². The molecular formula is C14H24N4O3S. The molecule has 0 spiro atoms. The standard InChI is InChI=1S/C14H24N4O3S/c1-2-22(20,21)9-8-18-7-6-13(17-18)16-14(19)12-5-3-4-11(12)10-15/h6-7,11-12H,2-5,8-10,15H2,1H3,(H,16,17,19)/t11-,12-/m1/s1. The molecule has 0 bridgehead atoms. The van der Waals surface area contributed by atoms with Crippen molar-refractivity contribution in [3.05, 3.63) is 12.3 Å². The lowest BCUT2D eigenvalue weighted by molar-refractivity contribution is -0.120. The molecule has 0 radical (unpaired) electrons. The van der Waals surface area contributed by atoms with Crippen LogP contribution in [0.3, 0.4) is 0 Å². The molecule has 1 fully saturated rings. The van der Waals surface area contributed by atoms with Crippen molar-refractivity contribution in [1.29, 1.82) is 0 Å². The Morgan fingerprint density at radius 2 is 2.27 bits per heavy atom. The van der Waals surface area contributed by atoms with Gasteiger partial charge in [-0.05, 0) is 25.3 Å². The fraction of sp³-hybridized carbons (Fsp3) is 0.714. The monoisotopic (exact) mass is 328 g/mol. The van der Waals surface area contributed by atoms with Gasteiger partial charge in [-0.1, -0.05) is 13.3 Å². The minimum atomic E-state index is -3.02. The molecule has 124 valence electrons. The fourth-order valence-electron chi connectivity index (χ4n) is 2.81. The van der Waals surface area contributed by atoms with E-state index in [1.165, 1.54) is 4.68 Å². The number of aryl methyl sites for hydroxylation is 1. The van der Waals surface area contributed by atoms with E-state index in [4.69, 9.17) is 5.73 Å². The Morgan fingerprint density at radius 1 is 1.50 bits per heavy atom. The largest absolute Gasteiger partial charge is 0.330 e. The highest BCUT2D eigenvalue weighted by molar-refractivity contribution is 7.91. The molecule has 0 unspecified atom stereocenters. The molecule has 0 aliphatic heterocycles. The molecule has 22 heavy (non-hydrogen) atoms. The first-order valence-electron chi connectivity index (χ1n) is 7.70. The normalized spacial score (nSPS) is 21.9. The Kier molecular flexibility index (Phi) is 5.57. The second-order valence-electron chi connectivity index (χ2n) is 5.72. The summed E-state index contributed by atoms with van der Waals surface area (Å²) in [5, 5.41) is 7.00. The SMILES string of the molecule is CCS(=O)(=O)CCn1ccc(NC(=O)[C@@H]2CCC[C@@H]2CN)n1. The quantitative estimate of drug-likeness (QED) is 0.763. The van der Waals surface area contributed by atoms with Gasteiger partial charge in [-0.25, -0.2) is 8.42 Å². The van der Waals surface area contributed by atoms with E-state index in [1.807, 2.05) is 0 Å². The van der Waals surface area contributed by atoms with Crippen molar-refractivity contribution in [2.45, 2.75) is 32.7 Å². The van der Waals surface area contributed by atoms with Crippen LogP contribution in [-0.4, -0.2) is 42.2 Å². The number of aromatic nitrogens is 2. The Morgan fingerprint density at radius 3 is 2.95 bits per heavy atom. The number of carbonyl (C=O) groups excluding carboxylic acids is 1. The third kappa shape index (κ3) is 4.30. The van der Waals surface area contributed by atoms with Crippen LogP contribution in [0.1, 0.15) is 26.2 Å². The molecule has 1 amide bonds. The predicted octanol–water partition coefficient (Wildman–Crippen LogP) is 0.631. The number of carbonyl (C=O) groups is 1. The van der Waals surface area contributed by atoms with E-state index in [0.29, 0.717) is 18.9 Å². The van der Waals surface area contributed by atoms with Crippen LogP contribution < -0.4 is 11.1 Å². The minimum Gasteiger partial charge on any atom is -0.330 e. The van der Waals surface area contributed by atoms with Crippen molar-refractivity contribution in [3.63, 3.8) is 0 Å². The number of hydrogen-bond donors (Lipinski definition) is 2. The lowest BCUT2D eigenvalue weighted by Gasteiger charge is -2.16. The average molecular weight is 328 g/mol. The first-order valence-corrected chi connectivity index (χ1v) is 9.52. The van der Waals surface area contributed by atoms with Crippen LogP contribution in [0.25, 0.3) is 0 Å². The first kappa shape index (κ1) is 17.0. The molecular weight excluding hydrogens is 304 g/mol. The van der Waals surface area contributed by atoms with Crippen LogP contribution in [0.4, 0.5) is 5.82 Å². The van der Waals surface area contributed by atoms with E-state index < -0.39 is 9.84 Å². The number of sulfone groups is 1. The summed E-state index contributed by atoms with van der Waals surface area (Å²) in [4.78, 5) is 12.2. The highest BCUT2D eigenvalue weighted by atomic mass is 32.2. The maximum absolute atomic E-state index is 12.2. The van der Waals surface area contributed by atoms with E-state index in [0.717, 1.165) is 19.3 Å². The number of nitrogens with one attached hydrogen (secondary N) is 1. The summed E-state index contributed by atoms with van der Waals surface area (Å²) >= 11 is 0. The Hall–Kier alpha value is -1.41. The summed E-state index contributed by atoms with van der Waals surface area (Å²) in [6.45, 7) is 2.45. The van der Waals surface area contributed by atoms with Crippen LogP contribution in [0.2, 0.25) is 0 Å². The second-order valence-corrected chi connectivity index (χ2v) is 8.20. The number of amides is 1. The van der Waals surface area contributed by atoms with Gasteiger partial charge in [0.15, 0.2) is 15.7 Å². The summed E-state index contributed by atoms with van der Waals surface area (Å²) in [6, 6.07) is 1.68. The highest BCUT2D eigenvalue weighted by Gasteiger charge is 2.32. The van der Waals surface area contributed by atoms with Crippen molar-refractivity contribution >= 4 is 21.6 Å². The molecule has 3 N–H and O–H groups in total. The zero-order chi connectivity index (χ0) is 16.2. The summed E-state index contributed by atoms with van der Waals surface area (Å²) < 4.78 is 24.5. The molecule has 8 heteroatoms. The molecule has 1 aromatic rings. The molecule has 7 nitrogen and oxygen atoms in total. The van der Waals surface area contributed by atoms with Gasteiger partial charge in [-0.15, -0.1) is 0 Å². The van der Waals surface area contributed by atoms with Gasteiger partial charge in [-0.3, -0.25) is 9.48 Å². The molecule has 1 saturated carbocycles. The Labute approximate surface area is 131 Å². The molecule has 1 aliphatic rings. The van der Waals surface area contributed by atoms with Crippen molar-refractivity contribution in [3.8, 4) is 0 Å². The summed E-state index contributed by atoms with van der Waals surface area (Å²) in [6.07, 6.45) is 4.57. The zero-order valence-electron chi connectivity index (χ0n) is 12.9. The maximum Gasteiger partial charge on any atom is 0.229 e. The van der Waals surface area contributed by atoms with E-state index in [1.54, 1.807) is 19.2 Å². The molecule has 0 aromatic carbocycles. The van der Waals surface area contributed by atoms with Gasteiger partial charge >= 0.3 is 0 Å². The molecule has 2 rings (SSSR count). The summed E-state index contributed by atoms with van der Waals surface area (Å²) in [5.74, 6) is 0.796. The van der Waals surface area contributed by atoms with Crippen LogP contribution in [-0.2, 0) is 21.2 Å². The van der Waals surface area contributed by atoms with Crippen LogP contribution in [0.5, 0.6) is 0 Å². The highest BCUT2D eigenvalue weighted by Crippen LogP contribution is 2.31. The summed E-state index contributed by atoms with van der Waals surface area (Å²) in [7, 11) is -3.02. The predicted molar refractivity (Wildman–Crippen MR) is 85.1 cm³/mol. The molecule has 2 atom stereocenters. The van der Waals surface area contributed by atoms with Crippen LogP contribution in [0.15, 0.2) is 12.3 Å². The lowest BCUT2D eigenvalue weighted by Crippen LogP contribution is -2.29. The molecule has 1 heterocycles. The van der Waals surface area contributed by atoms with Crippen molar-refractivity contribution in [2.75, 3.05) is 23.4 Å². The minimum absolute atomic E-state index is 0.0422. The van der Waals surface area contributed by atoms with Crippen molar-refractivity contribution < 1.29 is 13.2 Å². The topological polar surface area (TPSA) is 107 Å². The number of nitrogens with zero attached hydrogens (tertiary/aromatic N) is 2. The third-order valence-corrected chi connectivity index (χ3v) is 5.95. The summed E-state index contributed by atoms with van der Waals surface area (Å²) in [5.41, 5.74) is 5.70. The molecule has 0 saturated heterocycles. The number of nitrogens with two attached hydrogens (primary N) is 1. The van der Waals surface area contributed by atoms with Crippen LogP contribution >= 0.6 is 0 Å². The average Bonchev–Trinajstić information content (AvgIpc) is 3.13. The number of rotatable bonds is 7. The fourth-order valence-corrected chi connectivity index (χ4v) is 3.57.